The van der Waals surface area contributed by atoms with Crippen molar-refractivity contribution in [1.29, 1.82) is 0 Å². The molecule has 4 nitrogen and oxygen atoms in total. The molecule has 0 radical (unpaired) electrons. The predicted octanol–water partition coefficient (Wildman–Crippen LogP) is 2.33. The molecule has 0 bridgehead atoms. The van der Waals surface area contributed by atoms with Crippen molar-refractivity contribution in [3.63, 3.8) is 0 Å². The van der Waals surface area contributed by atoms with Crippen molar-refractivity contribution in [2.24, 2.45) is 0 Å². The van der Waals surface area contributed by atoms with Gasteiger partial charge in [0.1, 0.15) is 12.4 Å². The van der Waals surface area contributed by atoms with Gasteiger partial charge >= 0.3 is 7.12 Å². The van der Waals surface area contributed by atoms with E-state index in [4.69, 9.17) is 14.0 Å². The number of hydrogen-bond acceptors (Lipinski definition) is 3. The third-order valence-electron chi connectivity index (χ3n) is 5.02. The van der Waals surface area contributed by atoms with Gasteiger partial charge < -0.3 is 18.6 Å². The maximum Gasteiger partial charge on any atom is 0.495 e. The van der Waals surface area contributed by atoms with Crippen molar-refractivity contribution in [2.75, 3.05) is 6.61 Å². The highest BCUT2D eigenvalue weighted by atomic mass is 16.7. The molecule has 110 valence electrons. The third kappa shape index (κ3) is 1.77. The van der Waals surface area contributed by atoms with E-state index in [1.54, 1.807) is 0 Å². The minimum Gasteiger partial charge on any atom is -0.490 e. The van der Waals surface area contributed by atoms with Crippen LogP contribution in [0, 0.1) is 0 Å². The van der Waals surface area contributed by atoms with E-state index in [9.17, 15) is 0 Å². The Morgan fingerprint density at radius 3 is 2.48 bits per heavy atom. The van der Waals surface area contributed by atoms with E-state index >= 15 is 0 Å². The van der Waals surface area contributed by atoms with Crippen LogP contribution in [-0.4, -0.2) is 29.5 Å². The van der Waals surface area contributed by atoms with Crippen LogP contribution < -0.4 is 10.2 Å². The van der Waals surface area contributed by atoms with Crippen LogP contribution in [0.3, 0.4) is 0 Å². The molecule has 0 unspecified atom stereocenters. The summed E-state index contributed by atoms with van der Waals surface area (Å²) < 4.78 is 20.4. The number of nitrogens with zero attached hydrogens (tertiary/aromatic N) is 1. The van der Waals surface area contributed by atoms with Gasteiger partial charge in [-0.1, -0.05) is 6.07 Å². The molecule has 1 fully saturated rings. The van der Waals surface area contributed by atoms with Crippen LogP contribution in [0.15, 0.2) is 24.4 Å². The van der Waals surface area contributed by atoms with Gasteiger partial charge in [0, 0.05) is 11.6 Å². The van der Waals surface area contributed by atoms with Crippen molar-refractivity contribution in [2.45, 2.75) is 45.4 Å². The van der Waals surface area contributed by atoms with Gasteiger partial charge in [-0.2, -0.15) is 0 Å². The van der Waals surface area contributed by atoms with E-state index in [1.807, 2.05) is 6.07 Å². The summed E-state index contributed by atoms with van der Waals surface area (Å²) in [5, 5.41) is 1.16. The fourth-order valence-electron chi connectivity index (χ4n) is 3.05. The van der Waals surface area contributed by atoms with Gasteiger partial charge in [0.05, 0.1) is 23.3 Å². The summed E-state index contributed by atoms with van der Waals surface area (Å²) in [5.41, 5.74) is 1.59. The molecule has 0 amide bonds. The van der Waals surface area contributed by atoms with Crippen molar-refractivity contribution < 1.29 is 14.0 Å². The number of hydrogen-bond donors (Lipinski definition) is 0. The van der Waals surface area contributed by atoms with Crippen LogP contribution >= 0.6 is 0 Å². The fourth-order valence-corrected chi connectivity index (χ4v) is 3.05. The molecule has 2 aliphatic heterocycles. The van der Waals surface area contributed by atoms with Crippen molar-refractivity contribution >= 4 is 23.5 Å². The Kier molecular flexibility index (Phi) is 2.55. The lowest BCUT2D eigenvalue weighted by atomic mass is 9.77. The van der Waals surface area contributed by atoms with Crippen molar-refractivity contribution in [1.82, 2.24) is 4.57 Å². The zero-order valence-electron chi connectivity index (χ0n) is 13.0. The molecule has 2 aromatic rings. The molecule has 0 N–H and O–H groups in total. The van der Waals surface area contributed by atoms with Gasteiger partial charge in [0.2, 0.25) is 0 Å². The SMILES string of the molecule is CC1(C)OB(c2ccc3c4c2ccn4CCO3)OC1(C)C. The second-order valence-corrected chi connectivity index (χ2v) is 6.86. The highest BCUT2D eigenvalue weighted by molar-refractivity contribution is 6.65. The van der Waals surface area contributed by atoms with Crippen LogP contribution in [0.4, 0.5) is 0 Å². The zero-order chi connectivity index (χ0) is 14.8. The minimum absolute atomic E-state index is 0.321. The Bertz CT molecular complexity index is 704. The average Bonchev–Trinajstić information content (AvgIpc) is 2.92. The van der Waals surface area contributed by atoms with E-state index in [0.717, 1.165) is 35.3 Å². The largest absolute Gasteiger partial charge is 0.495 e. The summed E-state index contributed by atoms with van der Waals surface area (Å²) in [6, 6.07) is 6.22. The van der Waals surface area contributed by atoms with Crippen molar-refractivity contribution in [3.05, 3.63) is 24.4 Å². The molecule has 1 aromatic carbocycles. The second-order valence-electron chi connectivity index (χ2n) is 6.86. The summed E-state index contributed by atoms with van der Waals surface area (Å²) in [5.74, 6) is 0.946. The first kappa shape index (κ1) is 13.2. The normalized spacial score (nSPS) is 22.6. The number of rotatable bonds is 1. The topological polar surface area (TPSA) is 32.6 Å². The molecule has 0 atom stereocenters. The van der Waals surface area contributed by atoms with Gasteiger partial charge in [-0.15, -0.1) is 0 Å². The zero-order valence-corrected chi connectivity index (χ0v) is 13.0. The van der Waals surface area contributed by atoms with Crippen molar-refractivity contribution in [3.8, 4) is 5.75 Å². The molecule has 0 aliphatic carbocycles. The van der Waals surface area contributed by atoms with Crippen LogP contribution in [0.2, 0.25) is 0 Å². The molecular formula is C16H20BNO3. The lowest BCUT2D eigenvalue weighted by Crippen LogP contribution is -2.41. The fraction of sp³-hybridized carbons (Fsp3) is 0.500. The molecule has 21 heavy (non-hydrogen) atoms. The number of benzene rings is 1. The minimum atomic E-state index is -0.332. The van der Waals surface area contributed by atoms with E-state index in [2.05, 4.69) is 50.6 Å². The predicted molar refractivity (Wildman–Crippen MR) is 83.1 cm³/mol. The molecule has 1 aromatic heterocycles. The molecule has 5 heteroatoms. The molecule has 4 rings (SSSR count). The monoisotopic (exact) mass is 285 g/mol. The Hall–Kier alpha value is -1.46. The van der Waals surface area contributed by atoms with Crippen LogP contribution in [0.5, 0.6) is 5.75 Å². The van der Waals surface area contributed by atoms with Gasteiger partial charge in [-0.25, -0.2) is 0 Å². The Morgan fingerprint density at radius 1 is 1.05 bits per heavy atom. The van der Waals surface area contributed by atoms with Gasteiger partial charge in [-0.3, -0.25) is 0 Å². The maximum absolute atomic E-state index is 6.19. The molecule has 1 saturated heterocycles. The summed E-state index contributed by atoms with van der Waals surface area (Å²) in [7, 11) is -0.332. The molecule has 0 saturated carbocycles. The van der Waals surface area contributed by atoms with E-state index < -0.39 is 0 Å². The maximum atomic E-state index is 6.19. The smallest absolute Gasteiger partial charge is 0.490 e. The first-order valence-corrected chi connectivity index (χ1v) is 7.49. The highest BCUT2D eigenvalue weighted by Crippen LogP contribution is 2.38. The Labute approximate surface area is 125 Å². The Morgan fingerprint density at radius 2 is 1.76 bits per heavy atom. The molecule has 2 aliphatic rings. The highest BCUT2D eigenvalue weighted by Gasteiger charge is 2.52. The molecule has 0 spiro atoms. The van der Waals surface area contributed by atoms with Gasteiger partial charge in [0.25, 0.3) is 0 Å². The second kappa shape index (κ2) is 4.05. The summed E-state index contributed by atoms with van der Waals surface area (Å²) in [6.45, 7) is 9.94. The number of ether oxygens (including phenoxy) is 1. The third-order valence-corrected chi connectivity index (χ3v) is 5.02. The molecular weight excluding hydrogens is 265 g/mol. The average molecular weight is 285 g/mol. The molecule has 3 heterocycles. The van der Waals surface area contributed by atoms with Gasteiger partial charge in [0.15, 0.2) is 0 Å². The van der Waals surface area contributed by atoms with Gasteiger partial charge in [-0.05, 0) is 45.3 Å². The standard InChI is InChI=1S/C16H20BNO3/c1-15(2)16(3,4)21-17(20-15)12-5-6-13-14-11(12)7-8-18(14)9-10-19-13/h5-8H,9-10H2,1-4H3. The quantitative estimate of drug-likeness (QED) is 0.754. The van der Waals surface area contributed by atoms with Crippen LogP contribution in [0.25, 0.3) is 10.9 Å². The first-order chi connectivity index (χ1) is 9.89. The Balaban J connectivity index is 1.83. The lowest BCUT2D eigenvalue weighted by Gasteiger charge is -2.32. The summed E-state index contributed by atoms with van der Waals surface area (Å²) >= 11 is 0. The van der Waals surface area contributed by atoms with Crippen LogP contribution in [-0.2, 0) is 15.9 Å². The number of aromatic nitrogens is 1. The van der Waals surface area contributed by atoms with Crippen LogP contribution in [0.1, 0.15) is 27.7 Å². The lowest BCUT2D eigenvalue weighted by molar-refractivity contribution is 0.00578. The van der Waals surface area contributed by atoms with E-state index in [1.165, 1.54) is 0 Å². The summed E-state index contributed by atoms with van der Waals surface area (Å²) in [4.78, 5) is 0. The van der Waals surface area contributed by atoms with E-state index in [-0.39, 0.29) is 18.3 Å². The first-order valence-electron chi connectivity index (χ1n) is 7.49. The van der Waals surface area contributed by atoms with E-state index in [0.29, 0.717) is 0 Å². The summed E-state index contributed by atoms with van der Waals surface area (Å²) in [6.07, 6.45) is 2.12.